The van der Waals surface area contributed by atoms with Gasteiger partial charge in [0.25, 0.3) is 0 Å². The van der Waals surface area contributed by atoms with Gasteiger partial charge in [-0.15, -0.1) is 0 Å². The first-order chi connectivity index (χ1) is 13.0. The van der Waals surface area contributed by atoms with Crippen molar-refractivity contribution in [1.82, 2.24) is 4.90 Å². The molecule has 1 amide bonds. The van der Waals surface area contributed by atoms with E-state index in [1.807, 2.05) is 25.7 Å². The molecule has 0 aromatic heterocycles. The Morgan fingerprint density at radius 3 is 2.15 bits per heavy atom. The maximum absolute atomic E-state index is 12.4. The van der Waals surface area contributed by atoms with Crippen LogP contribution in [0.15, 0.2) is 0 Å². The van der Waals surface area contributed by atoms with E-state index in [9.17, 15) is 9.59 Å². The van der Waals surface area contributed by atoms with E-state index >= 15 is 0 Å². The zero-order valence-electron chi connectivity index (χ0n) is 17.6. The van der Waals surface area contributed by atoms with Crippen LogP contribution in [0, 0.1) is 17.8 Å². The zero-order chi connectivity index (χ0) is 19.6. The number of rotatable bonds is 10. The third-order valence-electron chi connectivity index (χ3n) is 6.27. The summed E-state index contributed by atoms with van der Waals surface area (Å²) in [5, 5.41) is 0. The molecule has 0 bridgehead atoms. The van der Waals surface area contributed by atoms with Crippen molar-refractivity contribution >= 4 is 11.7 Å². The van der Waals surface area contributed by atoms with E-state index in [-0.39, 0.29) is 12.0 Å². The fourth-order valence-corrected chi connectivity index (χ4v) is 4.58. The number of hydrogen-bond acceptors (Lipinski definition) is 4. The summed E-state index contributed by atoms with van der Waals surface area (Å²) in [6.07, 6.45) is 8.16. The van der Waals surface area contributed by atoms with Crippen molar-refractivity contribution in [3.05, 3.63) is 0 Å². The molecule has 1 heterocycles. The summed E-state index contributed by atoms with van der Waals surface area (Å²) in [5.41, 5.74) is 0. The van der Waals surface area contributed by atoms with E-state index in [0.29, 0.717) is 44.4 Å². The van der Waals surface area contributed by atoms with Crippen molar-refractivity contribution in [3.63, 3.8) is 0 Å². The molecule has 5 heteroatoms. The van der Waals surface area contributed by atoms with Crippen molar-refractivity contribution < 1.29 is 19.1 Å². The molecule has 0 N–H and O–H groups in total. The average Bonchev–Trinajstić information content (AvgIpc) is 2.70. The Balaban J connectivity index is 1.58. The fraction of sp³-hybridized carbons (Fsp3) is 0.909. The Morgan fingerprint density at radius 1 is 0.926 bits per heavy atom. The van der Waals surface area contributed by atoms with Crippen molar-refractivity contribution in [3.8, 4) is 0 Å². The number of likely N-dealkylation sites (tertiary alicyclic amines) is 1. The summed E-state index contributed by atoms with van der Waals surface area (Å²) in [7, 11) is 0. The summed E-state index contributed by atoms with van der Waals surface area (Å²) in [6.45, 7) is 9.37. The van der Waals surface area contributed by atoms with Gasteiger partial charge in [-0.3, -0.25) is 9.59 Å². The molecule has 1 saturated heterocycles. The highest BCUT2D eigenvalue weighted by molar-refractivity contribution is 5.80. The second-order valence-electron chi connectivity index (χ2n) is 8.43. The van der Waals surface area contributed by atoms with Crippen molar-refractivity contribution in [1.29, 1.82) is 0 Å². The highest BCUT2D eigenvalue weighted by Crippen LogP contribution is 2.38. The van der Waals surface area contributed by atoms with Crippen LogP contribution in [0.5, 0.6) is 0 Å². The number of hydrogen-bond donors (Lipinski definition) is 0. The van der Waals surface area contributed by atoms with Crippen LogP contribution in [0.25, 0.3) is 0 Å². The number of ketones is 1. The number of nitrogens with zero attached hydrogens (tertiary/aromatic N) is 1. The first-order valence-electron chi connectivity index (χ1n) is 11.0. The SMILES string of the molecule is CCC(=O)C1CCC(C2CCN(C(=O)CCOCCOC(C)C)CC2)CC1. The molecule has 156 valence electrons. The molecule has 5 nitrogen and oxygen atoms in total. The monoisotopic (exact) mass is 381 g/mol. The third kappa shape index (κ3) is 7.53. The molecular formula is C22H39NO4. The summed E-state index contributed by atoms with van der Waals surface area (Å²) < 4.78 is 10.9. The Morgan fingerprint density at radius 2 is 1.56 bits per heavy atom. The highest BCUT2D eigenvalue weighted by atomic mass is 16.5. The quantitative estimate of drug-likeness (QED) is 0.540. The van der Waals surface area contributed by atoms with Crippen molar-refractivity contribution in [2.24, 2.45) is 17.8 Å². The van der Waals surface area contributed by atoms with Crippen molar-refractivity contribution in [2.45, 2.75) is 78.2 Å². The number of piperidine rings is 1. The normalized spacial score (nSPS) is 24.4. The Hall–Kier alpha value is -0.940. The molecular weight excluding hydrogens is 342 g/mol. The minimum atomic E-state index is 0.218. The Kier molecular flexibility index (Phi) is 9.77. The van der Waals surface area contributed by atoms with Crippen LogP contribution in [0.2, 0.25) is 0 Å². The van der Waals surface area contributed by atoms with Gasteiger partial charge in [0.1, 0.15) is 5.78 Å². The van der Waals surface area contributed by atoms with E-state index < -0.39 is 0 Å². The smallest absolute Gasteiger partial charge is 0.224 e. The summed E-state index contributed by atoms with van der Waals surface area (Å²) in [4.78, 5) is 26.2. The molecule has 0 spiro atoms. The minimum Gasteiger partial charge on any atom is -0.379 e. The van der Waals surface area contributed by atoms with Gasteiger partial charge in [0.05, 0.1) is 32.3 Å². The van der Waals surface area contributed by atoms with E-state index in [4.69, 9.17) is 9.47 Å². The lowest BCUT2D eigenvalue weighted by atomic mass is 9.71. The number of amides is 1. The number of Topliss-reactive ketones (excluding diaryl/α,β-unsaturated/α-hetero) is 1. The first-order valence-corrected chi connectivity index (χ1v) is 11.0. The topological polar surface area (TPSA) is 55.8 Å². The molecule has 27 heavy (non-hydrogen) atoms. The third-order valence-corrected chi connectivity index (χ3v) is 6.27. The van der Waals surface area contributed by atoms with Crippen LogP contribution in [-0.4, -0.2) is 55.6 Å². The molecule has 0 aromatic carbocycles. The summed E-state index contributed by atoms with van der Waals surface area (Å²) in [5.74, 6) is 2.48. The predicted octanol–water partition coefficient (Wildman–Crippen LogP) is 3.84. The van der Waals surface area contributed by atoms with Crippen LogP contribution in [0.4, 0.5) is 0 Å². The van der Waals surface area contributed by atoms with Gasteiger partial charge >= 0.3 is 0 Å². The molecule has 0 unspecified atom stereocenters. The number of carbonyl (C=O) groups excluding carboxylic acids is 2. The van der Waals surface area contributed by atoms with Crippen LogP contribution >= 0.6 is 0 Å². The first kappa shape index (κ1) is 22.4. The van der Waals surface area contributed by atoms with Gasteiger partial charge in [0, 0.05) is 25.4 Å². The second kappa shape index (κ2) is 11.8. The van der Waals surface area contributed by atoms with Gasteiger partial charge in [0.2, 0.25) is 5.91 Å². The lowest BCUT2D eigenvalue weighted by Crippen LogP contribution is -2.41. The average molecular weight is 382 g/mol. The maximum Gasteiger partial charge on any atom is 0.224 e. The fourth-order valence-electron chi connectivity index (χ4n) is 4.58. The minimum absolute atomic E-state index is 0.218. The largest absolute Gasteiger partial charge is 0.379 e. The molecule has 1 aliphatic heterocycles. The van der Waals surface area contributed by atoms with Crippen LogP contribution in [-0.2, 0) is 19.1 Å². The molecule has 1 aliphatic carbocycles. The van der Waals surface area contributed by atoms with Crippen LogP contribution in [0.1, 0.15) is 72.1 Å². The Bertz CT molecular complexity index is 449. The zero-order valence-corrected chi connectivity index (χ0v) is 17.6. The summed E-state index contributed by atoms with van der Waals surface area (Å²) in [6, 6.07) is 0. The molecule has 2 rings (SSSR count). The Labute approximate surface area is 165 Å². The molecule has 2 aliphatic rings. The number of carbonyl (C=O) groups is 2. The lowest BCUT2D eigenvalue weighted by molar-refractivity contribution is -0.134. The van der Waals surface area contributed by atoms with Gasteiger partial charge in [-0.05, 0) is 64.2 Å². The standard InChI is InChI=1S/C22H39NO4/c1-4-21(24)20-7-5-18(6-8-20)19-9-12-23(13-10-19)22(25)11-14-26-15-16-27-17(2)3/h17-20H,4-16H2,1-3H3. The van der Waals surface area contributed by atoms with Gasteiger partial charge in [-0.25, -0.2) is 0 Å². The molecule has 0 atom stereocenters. The van der Waals surface area contributed by atoms with E-state index in [2.05, 4.69) is 0 Å². The lowest BCUT2D eigenvalue weighted by Gasteiger charge is -2.39. The molecule has 0 aromatic rings. The van der Waals surface area contributed by atoms with Crippen LogP contribution in [0.3, 0.4) is 0 Å². The second-order valence-corrected chi connectivity index (χ2v) is 8.43. The highest BCUT2D eigenvalue weighted by Gasteiger charge is 2.32. The van der Waals surface area contributed by atoms with Gasteiger partial charge in [-0.2, -0.15) is 0 Å². The van der Waals surface area contributed by atoms with Crippen molar-refractivity contribution in [2.75, 3.05) is 32.9 Å². The summed E-state index contributed by atoms with van der Waals surface area (Å²) >= 11 is 0. The van der Waals surface area contributed by atoms with E-state index in [1.54, 1.807) is 0 Å². The molecule has 1 saturated carbocycles. The predicted molar refractivity (Wildman–Crippen MR) is 107 cm³/mol. The van der Waals surface area contributed by atoms with Gasteiger partial charge in [0.15, 0.2) is 0 Å². The van der Waals surface area contributed by atoms with Gasteiger partial charge in [-0.1, -0.05) is 6.92 Å². The molecule has 0 radical (unpaired) electrons. The van der Waals surface area contributed by atoms with E-state index in [1.165, 1.54) is 12.8 Å². The molecule has 2 fully saturated rings. The van der Waals surface area contributed by atoms with E-state index in [0.717, 1.165) is 50.6 Å². The number of ether oxygens (including phenoxy) is 2. The maximum atomic E-state index is 12.4. The van der Waals surface area contributed by atoms with Crippen LogP contribution < -0.4 is 0 Å². The van der Waals surface area contributed by atoms with Gasteiger partial charge < -0.3 is 14.4 Å².